The number of nitrogens with two attached hydrogens (primary N) is 1. The molecule has 0 aliphatic carbocycles. The fourth-order valence-corrected chi connectivity index (χ4v) is 3.27. The SMILES string of the molecule is Cc1nc(S(=O)(=O)NC[C@@H](N)c2ccc(C(C)C)cc2)cn1C. The molecule has 0 aliphatic heterocycles. The highest BCUT2D eigenvalue weighted by Gasteiger charge is 2.19. The predicted molar refractivity (Wildman–Crippen MR) is 90.6 cm³/mol. The van der Waals surface area contributed by atoms with Crippen LogP contribution in [0.4, 0.5) is 0 Å². The number of nitrogens with zero attached hydrogens (tertiary/aromatic N) is 2. The minimum Gasteiger partial charge on any atom is -0.337 e. The Kier molecular flexibility index (Phi) is 5.23. The molecule has 0 amide bonds. The van der Waals surface area contributed by atoms with Crippen LogP contribution in [0.1, 0.15) is 42.8 Å². The molecule has 0 spiro atoms. The van der Waals surface area contributed by atoms with Crippen LogP contribution in [0.25, 0.3) is 0 Å². The van der Waals surface area contributed by atoms with Gasteiger partial charge < -0.3 is 10.3 Å². The van der Waals surface area contributed by atoms with Crippen LogP contribution in [0.3, 0.4) is 0 Å². The molecule has 1 aromatic heterocycles. The molecule has 3 N–H and O–H groups in total. The van der Waals surface area contributed by atoms with Gasteiger partial charge in [0.2, 0.25) is 0 Å². The van der Waals surface area contributed by atoms with Crippen molar-refractivity contribution in [2.75, 3.05) is 6.54 Å². The predicted octanol–water partition coefficient (Wildman–Crippen LogP) is 1.83. The number of sulfonamides is 1. The molecule has 7 heteroatoms. The Morgan fingerprint density at radius 1 is 1.22 bits per heavy atom. The van der Waals surface area contributed by atoms with E-state index in [1.165, 1.54) is 11.8 Å². The van der Waals surface area contributed by atoms with Crippen LogP contribution in [-0.4, -0.2) is 24.5 Å². The van der Waals surface area contributed by atoms with E-state index in [1.54, 1.807) is 18.5 Å². The van der Waals surface area contributed by atoms with Crippen molar-refractivity contribution in [1.82, 2.24) is 14.3 Å². The normalized spacial score (nSPS) is 13.5. The van der Waals surface area contributed by atoms with Crippen molar-refractivity contribution in [3.63, 3.8) is 0 Å². The first-order chi connectivity index (χ1) is 10.7. The Balaban J connectivity index is 2.04. The van der Waals surface area contributed by atoms with Crippen LogP contribution in [0.5, 0.6) is 0 Å². The Hall–Kier alpha value is -1.70. The minimum atomic E-state index is -3.65. The van der Waals surface area contributed by atoms with Crippen molar-refractivity contribution in [2.24, 2.45) is 12.8 Å². The van der Waals surface area contributed by atoms with Gasteiger partial charge in [-0.05, 0) is 24.0 Å². The van der Waals surface area contributed by atoms with Gasteiger partial charge in [0.05, 0.1) is 0 Å². The molecule has 23 heavy (non-hydrogen) atoms. The highest BCUT2D eigenvalue weighted by Crippen LogP contribution is 2.18. The average Bonchev–Trinajstić information content (AvgIpc) is 2.85. The van der Waals surface area contributed by atoms with Gasteiger partial charge in [0.15, 0.2) is 5.03 Å². The Morgan fingerprint density at radius 3 is 2.26 bits per heavy atom. The smallest absolute Gasteiger partial charge is 0.259 e. The monoisotopic (exact) mass is 336 g/mol. The average molecular weight is 336 g/mol. The first kappa shape index (κ1) is 17.7. The molecular weight excluding hydrogens is 312 g/mol. The molecule has 1 atom stereocenters. The lowest BCUT2D eigenvalue weighted by Crippen LogP contribution is -2.32. The molecule has 0 saturated heterocycles. The van der Waals surface area contributed by atoms with Crippen LogP contribution < -0.4 is 10.5 Å². The number of aromatic nitrogens is 2. The zero-order chi connectivity index (χ0) is 17.2. The van der Waals surface area contributed by atoms with Crippen LogP contribution in [0.15, 0.2) is 35.5 Å². The molecule has 2 rings (SSSR count). The van der Waals surface area contributed by atoms with E-state index in [4.69, 9.17) is 5.73 Å². The molecule has 0 bridgehead atoms. The van der Waals surface area contributed by atoms with Crippen LogP contribution in [0.2, 0.25) is 0 Å². The number of aryl methyl sites for hydroxylation is 2. The summed E-state index contributed by atoms with van der Waals surface area (Å²) in [5, 5.41) is 0.0138. The van der Waals surface area contributed by atoms with Gasteiger partial charge in [0.25, 0.3) is 10.0 Å². The Labute approximate surface area is 137 Å². The summed E-state index contributed by atoms with van der Waals surface area (Å²) < 4.78 is 28.7. The summed E-state index contributed by atoms with van der Waals surface area (Å²) in [7, 11) is -1.90. The maximum atomic E-state index is 12.2. The van der Waals surface area contributed by atoms with E-state index < -0.39 is 16.1 Å². The summed E-state index contributed by atoms with van der Waals surface area (Å²) in [6.45, 7) is 6.12. The maximum Gasteiger partial charge on any atom is 0.259 e. The van der Waals surface area contributed by atoms with Crippen LogP contribution in [-0.2, 0) is 17.1 Å². The van der Waals surface area contributed by atoms with Gasteiger partial charge in [-0.25, -0.2) is 18.1 Å². The van der Waals surface area contributed by atoms with Crippen molar-refractivity contribution in [3.05, 3.63) is 47.4 Å². The first-order valence-electron chi connectivity index (χ1n) is 7.56. The van der Waals surface area contributed by atoms with Gasteiger partial charge in [-0.3, -0.25) is 0 Å². The molecule has 6 nitrogen and oxygen atoms in total. The molecule has 0 aliphatic rings. The van der Waals surface area contributed by atoms with E-state index >= 15 is 0 Å². The van der Waals surface area contributed by atoms with E-state index in [2.05, 4.69) is 23.6 Å². The summed E-state index contributed by atoms with van der Waals surface area (Å²) in [6, 6.07) is 7.53. The zero-order valence-corrected chi connectivity index (χ0v) is 14.8. The standard InChI is InChI=1S/C16H24N4O2S/c1-11(2)13-5-7-14(8-6-13)15(17)9-18-23(21,22)16-10-20(4)12(3)19-16/h5-8,10-11,15,18H,9,17H2,1-4H3/t15-/m1/s1. The topological polar surface area (TPSA) is 90.0 Å². The summed E-state index contributed by atoms with van der Waals surface area (Å²) in [5.41, 5.74) is 8.21. The third-order valence-electron chi connectivity index (χ3n) is 3.89. The molecule has 126 valence electrons. The molecule has 0 saturated carbocycles. The van der Waals surface area contributed by atoms with E-state index in [1.807, 2.05) is 24.3 Å². The van der Waals surface area contributed by atoms with Crippen molar-refractivity contribution in [3.8, 4) is 0 Å². The van der Waals surface area contributed by atoms with E-state index in [0.29, 0.717) is 11.7 Å². The third kappa shape index (κ3) is 4.19. The largest absolute Gasteiger partial charge is 0.337 e. The quantitative estimate of drug-likeness (QED) is 0.842. The van der Waals surface area contributed by atoms with E-state index in [-0.39, 0.29) is 11.6 Å². The Bertz CT molecular complexity index is 744. The lowest BCUT2D eigenvalue weighted by molar-refractivity contribution is 0.569. The first-order valence-corrected chi connectivity index (χ1v) is 9.04. The second kappa shape index (κ2) is 6.82. The Morgan fingerprint density at radius 2 is 1.78 bits per heavy atom. The molecule has 1 aromatic carbocycles. The number of nitrogens with one attached hydrogen (secondary N) is 1. The van der Waals surface area contributed by atoms with Crippen LogP contribution >= 0.6 is 0 Å². The van der Waals surface area contributed by atoms with Crippen molar-refractivity contribution < 1.29 is 8.42 Å². The van der Waals surface area contributed by atoms with Gasteiger partial charge in [0.1, 0.15) is 5.82 Å². The fourth-order valence-electron chi connectivity index (χ4n) is 2.18. The highest BCUT2D eigenvalue weighted by molar-refractivity contribution is 7.89. The van der Waals surface area contributed by atoms with Gasteiger partial charge in [-0.2, -0.15) is 0 Å². The van der Waals surface area contributed by atoms with Crippen LogP contribution in [0, 0.1) is 6.92 Å². The highest BCUT2D eigenvalue weighted by atomic mass is 32.2. The number of benzene rings is 1. The summed E-state index contributed by atoms with van der Waals surface area (Å²) in [5.74, 6) is 1.09. The fraction of sp³-hybridized carbons (Fsp3) is 0.438. The lowest BCUT2D eigenvalue weighted by Gasteiger charge is -2.14. The third-order valence-corrected chi connectivity index (χ3v) is 5.18. The molecule has 2 aromatic rings. The van der Waals surface area contributed by atoms with Gasteiger partial charge in [-0.1, -0.05) is 38.1 Å². The number of rotatable bonds is 6. The van der Waals surface area contributed by atoms with E-state index in [0.717, 1.165) is 5.56 Å². The van der Waals surface area contributed by atoms with E-state index in [9.17, 15) is 8.42 Å². The molecule has 0 radical (unpaired) electrons. The van der Waals surface area contributed by atoms with Crippen molar-refractivity contribution in [1.29, 1.82) is 0 Å². The number of imidazole rings is 1. The second-order valence-corrected chi connectivity index (χ2v) is 7.73. The van der Waals surface area contributed by atoms with Crippen molar-refractivity contribution >= 4 is 10.0 Å². The maximum absolute atomic E-state index is 12.2. The molecule has 0 fully saturated rings. The lowest BCUT2D eigenvalue weighted by atomic mass is 9.99. The minimum absolute atomic E-state index is 0.0138. The molecule has 1 heterocycles. The van der Waals surface area contributed by atoms with Gasteiger partial charge in [-0.15, -0.1) is 0 Å². The summed E-state index contributed by atoms with van der Waals surface area (Å²) in [6.07, 6.45) is 1.49. The van der Waals surface area contributed by atoms with Gasteiger partial charge in [0, 0.05) is 25.8 Å². The molecule has 0 unspecified atom stereocenters. The number of hydrogen-bond acceptors (Lipinski definition) is 4. The summed E-state index contributed by atoms with van der Waals surface area (Å²) >= 11 is 0. The summed E-state index contributed by atoms with van der Waals surface area (Å²) in [4.78, 5) is 4.04. The van der Waals surface area contributed by atoms with Gasteiger partial charge >= 0.3 is 0 Å². The number of hydrogen-bond donors (Lipinski definition) is 2. The molecular formula is C16H24N4O2S. The zero-order valence-electron chi connectivity index (χ0n) is 13.9. The van der Waals surface area contributed by atoms with Crippen molar-refractivity contribution in [2.45, 2.75) is 37.8 Å². The second-order valence-electron chi connectivity index (χ2n) is 6.02.